The van der Waals surface area contributed by atoms with Crippen LogP contribution < -0.4 is 16.8 Å². The van der Waals surface area contributed by atoms with Crippen molar-refractivity contribution in [1.29, 1.82) is 0 Å². The van der Waals surface area contributed by atoms with Crippen molar-refractivity contribution in [2.24, 2.45) is 11.1 Å². The summed E-state index contributed by atoms with van der Waals surface area (Å²) in [7, 11) is 1.69. The third-order valence-corrected chi connectivity index (χ3v) is 5.19. The number of thiophene rings is 1. The number of amides is 1. The predicted octanol–water partition coefficient (Wildman–Crippen LogP) is 1.86. The molecule has 2 rings (SSSR count). The van der Waals surface area contributed by atoms with Crippen molar-refractivity contribution in [3.8, 4) is 0 Å². The molecule has 0 bridgehead atoms. The minimum Gasteiger partial charge on any atom is -0.397 e. The molecule has 21 heavy (non-hydrogen) atoms. The summed E-state index contributed by atoms with van der Waals surface area (Å²) < 4.78 is 5.12. The lowest BCUT2D eigenvalue weighted by atomic mass is 10.0. The zero-order chi connectivity index (χ0) is 15.6. The normalized spacial score (nSPS) is 15.7. The van der Waals surface area contributed by atoms with Gasteiger partial charge in [-0.1, -0.05) is 0 Å². The Labute approximate surface area is 127 Å². The van der Waals surface area contributed by atoms with Gasteiger partial charge >= 0.3 is 0 Å². The quantitative estimate of drug-likeness (QED) is 0.635. The van der Waals surface area contributed by atoms with E-state index in [2.05, 4.69) is 5.32 Å². The van der Waals surface area contributed by atoms with E-state index in [1.807, 2.05) is 0 Å². The lowest BCUT2D eigenvalue weighted by Crippen LogP contribution is -2.19. The summed E-state index contributed by atoms with van der Waals surface area (Å²) in [5.41, 5.74) is 11.9. The van der Waals surface area contributed by atoms with Gasteiger partial charge in [0.05, 0.1) is 16.1 Å². The van der Waals surface area contributed by atoms with Gasteiger partial charge in [0.25, 0.3) is 5.91 Å². The number of hydrogen-bond acceptors (Lipinski definition) is 6. The van der Waals surface area contributed by atoms with Crippen LogP contribution in [0.5, 0.6) is 0 Å². The monoisotopic (exact) mass is 311 g/mol. The standard InChI is InChI=1S/C14H21N3O3S/c1-8(18)11-10(15)9(12(16)19)13(21-11)17-7-14(3-4-14)5-6-20-2/h17H,3-7,15H2,1-2H3,(H2,16,19). The predicted molar refractivity (Wildman–Crippen MR) is 83.9 cm³/mol. The number of nitrogens with two attached hydrogens (primary N) is 2. The summed E-state index contributed by atoms with van der Waals surface area (Å²) >= 11 is 1.20. The van der Waals surface area contributed by atoms with E-state index in [9.17, 15) is 9.59 Å². The average Bonchev–Trinajstić information content (AvgIpc) is 3.10. The zero-order valence-corrected chi connectivity index (χ0v) is 13.1. The van der Waals surface area contributed by atoms with Gasteiger partial charge < -0.3 is 21.5 Å². The number of nitrogens with one attached hydrogen (secondary N) is 1. The molecule has 6 nitrogen and oxygen atoms in total. The van der Waals surface area contributed by atoms with Crippen molar-refractivity contribution >= 4 is 33.7 Å². The van der Waals surface area contributed by atoms with Crippen LogP contribution in [-0.4, -0.2) is 32.0 Å². The summed E-state index contributed by atoms with van der Waals surface area (Å²) in [5.74, 6) is -0.769. The van der Waals surface area contributed by atoms with Crippen molar-refractivity contribution in [3.63, 3.8) is 0 Å². The van der Waals surface area contributed by atoms with Gasteiger partial charge in [0, 0.05) is 27.2 Å². The fourth-order valence-electron chi connectivity index (χ4n) is 2.35. The first kappa shape index (κ1) is 15.8. The third-order valence-electron chi connectivity index (χ3n) is 3.93. The lowest BCUT2D eigenvalue weighted by molar-refractivity contribution is 0.100. The molecule has 1 heterocycles. The number of primary amides is 1. The molecule has 0 aromatic carbocycles. The molecule has 5 N–H and O–H groups in total. The van der Waals surface area contributed by atoms with E-state index in [1.165, 1.54) is 18.3 Å². The van der Waals surface area contributed by atoms with Gasteiger partial charge in [0.2, 0.25) is 0 Å². The van der Waals surface area contributed by atoms with E-state index in [0.717, 1.165) is 32.4 Å². The molecular weight excluding hydrogens is 290 g/mol. The van der Waals surface area contributed by atoms with Crippen LogP contribution in [0.4, 0.5) is 10.7 Å². The second-order valence-electron chi connectivity index (χ2n) is 5.57. The van der Waals surface area contributed by atoms with Crippen molar-refractivity contribution in [1.82, 2.24) is 0 Å². The number of carbonyl (C=O) groups excluding carboxylic acids is 2. The van der Waals surface area contributed by atoms with Gasteiger partial charge in [-0.3, -0.25) is 9.59 Å². The van der Waals surface area contributed by atoms with Gasteiger partial charge in [0.15, 0.2) is 5.78 Å². The smallest absolute Gasteiger partial charge is 0.253 e. The van der Waals surface area contributed by atoms with Crippen molar-refractivity contribution in [2.45, 2.75) is 26.2 Å². The molecule has 1 aromatic rings. The molecule has 0 radical (unpaired) electrons. The number of carbonyl (C=O) groups is 2. The van der Waals surface area contributed by atoms with Gasteiger partial charge in [-0.25, -0.2) is 0 Å². The van der Waals surface area contributed by atoms with Gasteiger partial charge in [-0.15, -0.1) is 11.3 Å². The number of ether oxygens (including phenoxy) is 1. The summed E-state index contributed by atoms with van der Waals surface area (Å²) in [6.45, 7) is 2.88. The van der Waals surface area contributed by atoms with E-state index in [-0.39, 0.29) is 22.4 Å². The number of hydrogen-bond donors (Lipinski definition) is 3. The fourth-order valence-corrected chi connectivity index (χ4v) is 3.37. The second kappa shape index (κ2) is 6.03. The number of nitrogen functional groups attached to an aromatic ring is 1. The maximum Gasteiger partial charge on any atom is 0.253 e. The van der Waals surface area contributed by atoms with E-state index in [0.29, 0.717) is 9.88 Å². The molecule has 1 aliphatic carbocycles. The highest BCUT2D eigenvalue weighted by molar-refractivity contribution is 7.19. The Balaban J connectivity index is 2.14. The van der Waals surface area contributed by atoms with E-state index < -0.39 is 5.91 Å². The molecule has 0 spiro atoms. The van der Waals surface area contributed by atoms with Gasteiger partial charge in [-0.2, -0.15) is 0 Å². The highest BCUT2D eigenvalue weighted by atomic mass is 32.1. The third kappa shape index (κ3) is 3.36. The second-order valence-corrected chi connectivity index (χ2v) is 6.59. The molecule has 0 unspecified atom stereocenters. The topological polar surface area (TPSA) is 107 Å². The van der Waals surface area contributed by atoms with Gasteiger partial charge in [-0.05, 0) is 24.7 Å². The Kier molecular flexibility index (Phi) is 4.53. The molecule has 0 saturated heterocycles. The summed E-state index contributed by atoms with van der Waals surface area (Å²) in [5, 5.41) is 3.84. The average molecular weight is 311 g/mol. The Hall–Kier alpha value is -1.60. The first-order valence-electron chi connectivity index (χ1n) is 6.86. The van der Waals surface area contributed by atoms with Crippen LogP contribution in [0.2, 0.25) is 0 Å². The molecule has 1 saturated carbocycles. The first-order chi connectivity index (χ1) is 9.90. The largest absolute Gasteiger partial charge is 0.397 e. The molecule has 1 fully saturated rings. The van der Waals surface area contributed by atoms with Crippen LogP contribution in [0.15, 0.2) is 0 Å². The van der Waals surface area contributed by atoms with Crippen LogP contribution in [0, 0.1) is 5.41 Å². The van der Waals surface area contributed by atoms with Gasteiger partial charge in [0.1, 0.15) is 5.00 Å². The molecule has 1 aliphatic rings. The number of methoxy groups -OCH3 is 1. The maximum atomic E-state index is 11.6. The Bertz CT molecular complexity index is 564. The first-order valence-corrected chi connectivity index (χ1v) is 7.68. The zero-order valence-electron chi connectivity index (χ0n) is 12.3. The molecular formula is C14H21N3O3S. The molecule has 7 heteroatoms. The van der Waals surface area contributed by atoms with E-state index in [1.54, 1.807) is 7.11 Å². The Morgan fingerprint density at radius 2 is 2.10 bits per heavy atom. The van der Waals surface area contributed by atoms with Crippen molar-refractivity contribution < 1.29 is 14.3 Å². The minimum atomic E-state index is -0.611. The molecule has 0 atom stereocenters. The van der Waals surface area contributed by atoms with Crippen LogP contribution >= 0.6 is 11.3 Å². The lowest BCUT2D eigenvalue weighted by Gasteiger charge is -2.16. The Morgan fingerprint density at radius 3 is 2.57 bits per heavy atom. The highest BCUT2D eigenvalue weighted by Crippen LogP contribution is 2.49. The molecule has 0 aliphatic heterocycles. The van der Waals surface area contributed by atoms with Crippen molar-refractivity contribution in [3.05, 3.63) is 10.4 Å². The molecule has 1 aromatic heterocycles. The van der Waals surface area contributed by atoms with E-state index in [4.69, 9.17) is 16.2 Å². The highest BCUT2D eigenvalue weighted by Gasteiger charge is 2.42. The fraction of sp³-hybridized carbons (Fsp3) is 0.571. The molecule has 1 amide bonds. The minimum absolute atomic E-state index is 0.159. The summed E-state index contributed by atoms with van der Waals surface area (Å²) in [4.78, 5) is 23.5. The summed E-state index contributed by atoms with van der Waals surface area (Å²) in [6.07, 6.45) is 3.24. The number of Topliss-reactive ketones (excluding diaryl/α,β-unsaturated/α-hetero) is 1. The van der Waals surface area contributed by atoms with Crippen LogP contribution in [-0.2, 0) is 4.74 Å². The number of rotatable bonds is 8. The maximum absolute atomic E-state index is 11.6. The van der Waals surface area contributed by atoms with Crippen LogP contribution in [0.1, 0.15) is 46.2 Å². The summed E-state index contributed by atoms with van der Waals surface area (Å²) in [6, 6.07) is 0. The number of anilines is 2. The SMILES string of the molecule is COCCC1(CNc2sc(C(C)=O)c(N)c2C(N)=O)CC1. The van der Waals surface area contributed by atoms with Crippen LogP contribution in [0.25, 0.3) is 0 Å². The Morgan fingerprint density at radius 1 is 1.43 bits per heavy atom. The number of ketones is 1. The van der Waals surface area contributed by atoms with Crippen LogP contribution in [0.3, 0.4) is 0 Å². The van der Waals surface area contributed by atoms with Crippen molar-refractivity contribution in [2.75, 3.05) is 31.3 Å². The van der Waals surface area contributed by atoms with E-state index >= 15 is 0 Å². The molecule has 116 valence electrons.